The molecule has 122 valence electrons. The average molecular weight is 370 g/mol. The van der Waals surface area contributed by atoms with Crippen molar-refractivity contribution in [1.82, 2.24) is 10.2 Å². The summed E-state index contributed by atoms with van der Waals surface area (Å²) in [6.07, 6.45) is -5.98. The van der Waals surface area contributed by atoms with E-state index in [0.717, 1.165) is 4.90 Å². The Kier molecular flexibility index (Phi) is 9.97. The van der Waals surface area contributed by atoms with Gasteiger partial charge in [0.1, 0.15) is 18.3 Å². The molecule has 4 atom stereocenters. The molecule has 0 aromatic carbocycles. The molecule has 0 aromatic rings. The first-order valence-electron chi connectivity index (χ1n) is 5.98. The number of aliphatic hydroxyl groups is 2. The Morgan fingerprint density at radius 3 is 2.48 bits per heavy atom. The zero-order chi connectivity index (χ0) is 15.8. The molecule has 0 spiro atoms. The predicted octanol–water partition coefficient (Wildman–Crippen LogP) is -4.54. The zero-order valence-corrected chi connectivity index (χ0v) is 17.5. The summed E-state index contributed by atoms with van der Waals surface area (Å²) in [6, 6.07) is -0.833. The van der Waals surface area contributed by atoms with E-state index in [1.165, 1.54) is 0 Å². The number of urea groups is 1. The van der Waals surface area contributed by atoms with Gasteiger partial charge in [0.15, 0.2) is 6.23 Å². The molecule has 0 unspecified atom stereocenters. The van der Waals surface area contributed by atoms with Crippen LogP contribution >= 0.6 is 7.82 Å². The number of carbonyl (C=O) groups excluding carboxylic acids is 2. The predicted molar refractivity (Wildman–Crippen MR) is 70.6 cm³/mol. The van der Waals surface area contributed by atoms with Gasteiger partial charge < -0.3 is 33.8 Å². The maximum Gasteiger partial charge on any atom is 0.326 e. The topological polar surface area (TPSA) is 172 Å². The summed E-state index contributed by atoms with van der Waals surface area (Å²) in [4.78, 5) is 44.9. The molecule has 23 heavy (non-hydrogen) atoms. The molecular weight excluding hydrogens is 357 g/mol. The molecule has 2 aliphatic heterocycles. The minimum Gasteiger partial charge on any atom is -0.790 e. The number of imide groups is 1. The number of ether oxygens (including phenoxy) is 1. The van der Waals surface area contributed by atoms with Crippen molar-refractivity contribution in [2.45, 2.75) is 31.0 Å². The molecule has 0 saturated carbocycles. The fourth-order valence-corrected chi connectivity index (χ4v) is 2.78. The molecule has 2 saturated heterocycles. The first kappa shape index (κ1) is 23.9. The van der Waals surface area contributed by atoms with Crippen LogP contribution in [0.3, 0.4) is 0 Å². The number of phosphoric acid groups is 1. The summed E-state index contributed by atoms with van der Waals surface area (Å²) in [5.74, 6) is -0.501. The molecule has 11 nitrogen and oxygen atoms in total. The molecule has 3 N–H and O–H groups in total. The minimum absolute atomic E-state index is 0. The number of carbonyl (C=O) groups is 2. The van der Waals surface area contributed by atoms with E-state index in [-0.39, 0.29) is 72.1 Å². The molecule has 14 heteroatoms. The van der Waals surface area contributed by atoms with E-state index in [4.69, 9.17) is 9.84 Å². The molecule has 2 rings (SSSR count). The summed E-state index contributed by atoms with van der Waals surface area (Å²) in [5, 5.41) is 21.1. The van der Waals surface area contributed by atoms with Gasteiger partial charge in [-0.2, -0.15) is 0 Å². The Bertz CT molecular complexity index is 490. The van der Waals surface area contributed by atoms with Crippen molar-refractivity contribution in [3.05, 3.63) is 0 Å². The number of nitrogens with zero attached hydrogens (tertiary/aromatic N) is 1. The number of rotatable bonds is 4. The van der Waals surface area contributed by atoms with Gasteiger partial charge in [-0.05, 0) is 0 Å². The monoisotopic (exact) mass is 370 g/mol. The fraction of sp³-hybridized carbons (Fsp3) is 0.778. The largest absolute Gasteiger partial charge is 0.790 e. The van der Waals surface area contributed by atoms with Crippen molar-refractivity contribution in [1.29, 1.82) is 0 Å². The Labute approximate surface area is 175 Å². The van der Waals surface area contributed by atoms with Crippen LogP contribution < -0.4 is 15.1 Å². The van der Waals surface area contributed by atoms with Crippen LogP contribution in [0, 0.1) is 0 Å². The molecule has 2 fully saturated rings. The van der Waals surface area contributed by atoms with E-state index >= 15 is 0 Å². The van der Waals surface area contributed by atoms with Crippen molar-refractivity contribution in [2.75, 3.05) is 13.2 Å². The molecule has 0 aliphatic carbocycles. The fourth-order valence-electron chi connectivity index (χ4n) is 2.22. The Morgan fingerprint density at radius 1 is 1.39 bits per heavy atom. The van der Waals surface area contributed by atoms with Gasteiger partial charge in [0, 0.05) is 72.1 Å². The van der Waals surface area contributed by atoms with Crippen LogP contribution in [-0.2, 0) is 18.6 Å². The van der Waals surface area contributed by atoms with Crippen LogP contribution in [0.4, 0.5) is 4.79 Å². The number of phosphoric ester groups is 1. The van der Waals surface area contributed by atoms with Crippen molar-refractivity contribution >= 4 is 78.9 Å². The summed E-state index contributed by atoms with van der Waals surface area (Å²) < 4.78 is 20.0. The molecule has 0 bridgehead atoms. The summed E-state index contributed by atoms with van der Waals surface area (Å²) in [7, 11) is -5.42. The van der Waals surface area contributed by atoms with Gasteiger partial charge in [-0.15, -0.1) is 0 Å². The molecular formula is C9H13N2Na2O9P-2. The number of hydrogen-bond acceptors (Lipinski definition) is 9. The number of nitrogens with one attached hydrogen (secondary N) is 1. The van der Waals surface area contributed by atoms with E-state index in [0.29, 0.717) is 0 Å². The van der Waals surface area contributed by atoms with Crippen molar-refractivity contribution < 1.29 is 43.4 Å². The third-order valence-electron chi connectivity index (χ3n) is 3.13. The van der Waals surface area contributed by atoms with Gasteiger partial charge in [-0.25, -0.2) is 4.79 Å². The summed E-state index contributed by atoms with van der Waals surface area (Å²) >= 11 is 0. The van der Waals surface area contributed by atoms with Crippen molar-refractivity contribution in [3.63, 3.8) is 0 Å². The third kappa shape index (κ3) is 6.00. The van der Waals surface area contributed by atoms with Crippen LogP contribution in [0.1, 0.15) is 6.42 Å². The van der Waals surface area contributed by atoms with E-state index in [1.54, 1.807) is 0 Å². The first-order chi connectivity index (χ1) is 9.73. The Morgan fingerprint density at radius 2 is 2.00 bits per heavy atom. The molecule has 2 radical (unpaired) electrons. The third-order valence-corrected chi connectivity index (χ3v) is 3.64. The van der Waals surface area contributed by atoms with Gasteiger partial charge in [-0.1, -0.05) is 0 Å². The van der Waals surface area contributed by atoms with Crippen LogP contribution in [0.25, 0.3) is 0 Å². The smallest absolute Gasteiger partial charge is 0.326 e. The maximum atomic E-state index is 11.6. The minimum atomic E-state index is -5.42. The van der Waals surface area contributed by atoms with Gasteiger partial charge in [0.05, 0.1) is 14.4 Å². The number of aliphatic hydroxyl groups excluding tert-OH is 2. The average Bonchev–Trinajstić information content (AvgIpc) is 2.65. The second-order valence-corrected chi connectivity index (χ2v) is 5.66. The van der Waals surface area contributed by atoms with Crippen LogP contribution in [0.5, 0.6) is 0 Å². The van der Waals surface area contributed by atoms with Gasteiger partial charge in [0.25, 0.3) is 0 Å². The number of amides is 3. The van der Waals surface area contributed by atoms with E-state index < -0.39 is 50.9 Å². The second-order valence-electron chi connectivity index (χ2n) is 4.55. The number of hydrogen-bond donors (Lipinski definition) is 3. The van der Waals surface area contributed by atoms with Crippen molar-refractivity contribution in [2.24, 2.45) is 0 Å². The Hall–Kier alpha value is 0.930. The molecule has 2 aliphatic rings. The van der Waals surface area contributed by atoms with Gasteiger partial charge >= 0.3 is 6.03 Å². The van der Waals surface area contributed by atoms with Crippen molar-refractivity contribution in [3.8, 4) is 0 Å². The Balaban J connectivity index is 0.00000242. The SMILES string of the molecule is O=C1CCN([C@@H]2O[C@H](CO)[C@@H](OP(=O)([O-])[O-])[C@H]2O)C(=O)N1.[Na].[Na]. The first-order valence-corrected chi connectivity index (χ1v) is 7.44. The standard InChI is InChI=1S/C9H15N2O9P.2Na/c12-3-4-7(20-21(16,17)18)6(14)8(19-4)11-2-1-5(13)10-9(11)15;;/h4,6-8,12,14H,1-3H2,(H,10,13,15)(H2,16,17,18);;/p-2/t4-,6-,7-,8-;;/m1../s1. The molecule has 0 aromatic heterocycles. The maximum absolute atomic E-state index is 11.6. The van der Waals surface area contributed by atoms with Gasteiger partial charge in [-0.3, -0.25) is 15.0 Å². The zero-order valence-electron chi connectivity index (χ0n) is 12.6. The van der Waals surface area contributed by atoms with E-state index in [2.05, 4.69) is 4.52 Å². The van der Waals surface area contributed by atoms with Crippen LogP contribution in [-0.4, -0.2) is 124 Å². The normalized spacial score (nSPS) is 31.2. The molecule has 3 amide bonds. The van der Waals surface area contributed by atoms with E-state index in [9.17, 15) is 29.0 Å². The van der Waals surface area contributed by atoms with Gasteiger partial charge in [0.2, 0.25) is 5.91 Å². The van der Waals surface area contributed by atoms with Crippen LogP contribution in [0.2, 0.25) is 0 Å². The molecule has 2 heterocycles. The quantitative estimate of drug-likeness (QED) is 0.325. The van der Waals surface area contributed by atoms with E-state index in [1.807, 2.05) is 5.32 Å². The summed E-state index contributed by atoms with van der Waals surface area (Å²) in [6.45, 7) is -0.795. The second kappa shape index (κ2) is 9.58. The van der Waals surface area contributed by atoms with Crippen LogP contribution in [0.15, 0.2) is 0 Å². The summed E-state index contributed by atoms with van der Waals surface area (Å²) in [5.41, 5.74) is 0.